The lowest BCUT2D eigenvalue weighted by atomic mass is 9.95. The lowest BCUT2D eigenvalue weighted by Gasteiger charge is -2.15. The van der Waals surface area contributed by atoms with Crippen LogP contribution in [0.25, 0.3) is 0 Å². The molecule has 0 fully saturated rings. The van der Waals surface area contributed by atoms with E-state index in [1.165, 1.54) is 32.1 Å². The van der Waals surface area contributed by atoms with Crippen molar-refractivity contribution in [1.82, 2.24) is 0 Å². The summed E-state index contributed by atoms with van der Waals surface area (Å²) in [6.07, 6.45) is 9.97. The normalized spacial score (nSPS) is 12.0. The van der Waals surface area contributed by atoms with Crippen molar-refractivity contribution >= 4 is 11.9 Å². The molecule has 0 amide bonds. The molecule has 0 aliphatic rings. The van der Waals surface area contributed by atoms with E-state index in [9.17, 15) is 9.59 Å². The van der Waals surface area contributed by atoms with Crippen LogP contribution in [0.4, 0.5) is 0 Å². The molecule has 0 aliphatic carbocycles. The van der Waals surface area contributed by atoms with E-state index in [1.807, 2.05) is 6.92 Å². The number of unbranched alkanes of at least 4 members (excludes halogenated alkanes) is 5. The first-order valence-corrected chi connectivity index (χ1v) is 8.97. The van der Waals surface area contributed by atoms with Crippen LogP contribution in [0.3, 0.4) is 0 Å². The van der Waals surface area contributed by atoms with E-state index in [1.54, 1.807) is 6.92 Å². The average Bonchev–Trinajstić information content (AvgIpc) is 2.49. The third-order valence-corrected chi connectivity index (χ3v) is 3.76. The summed E-state index contributed by atoms with van der Waals surface area (Å²) in [6, 6.07) is 0. The third kappa shape index (κ3) is 11.6. The van der Waals surface area contributed by atoms with Crippen molar-refractivity contribution < 1.29 is 19.1 Å². The van der Waals surface area contributed by atoms with Crippen molar-refractivity contribution in [2.24, 2.45) is 5.92 Å². The van der Waals surface area contributed by atoms with Gasteiger partial charge in [-0.3, -0.25) is 9.59 Å². The van der Waals surface area contributed by atoms with E-state index in [0.717, 1.165) is 12.8 Å². The molecule has 0 aromatic rings. The van der Waals surface area contributed by atoms with Crippen molar-refractivity contribution in [3.8, 4) is 0 Å². The van der Waals surface area contributed by atoms with E-state index in [0.29, 0.717) is 32.5 Å². The molecule has 22 heavy (non-hydrogen) atoms. The minimum absolute atomic E-state index is 0.0689. The van der Waals surface area contributed by atoms with Gasteiger partial charge in [0.1, 0.15) is 0 Å². The molecular weight excluding hydrogens is 280 g/mol. The van der Waals surface area contributed by atoms with Crippen LogP contribution in [0.5, 0.6) is 0 Å². The van der Waals surface area contributed by atoms with Gasteiger partial charge in [0.05, 0.1) is 19.1 Å². The fraction of sp³-hybridized carbons (Fsp3) is 0.889. The van der Waals surface area contributed by atoms with Gasteiger partial charge in [0.25, 0.3) is 0 Å². The molecule has 0 radical (unpaired) electrons. The number of hydrogen-bond acceptors (Lipinski definition) is 4. The van der Waals surface area contributed by atoms with Crippen molar-refractivity contribution in [1.29, 1.82) is 0 Å². The number of esters is 2. The average molecular weight is 314 g/mol. The summed E-state index contributed by atoms with van der Waals surface area (Å²) < 4.78 is 10.1. The highest BCUT2D eigenvalue weighted by Crippen LogP contribution is 2.19. The summed E-state index contributed by atoms with van der Waals surface area (Å²) in [6.45, 7) is 6.68. The third-order valence-electron chi connectivity index (χ3n) is 3.76. The number of carbonyl (C=O) groups excluding carboxylic acids is 2. The second kappa shape index (κ2) is 14.9. The lowest BCUT2D eigenvalue weighted by Crippen LogP contribution is -2.18. The van der Waals surface area contributed by atoms with E-state index < -0.39 is 0 Å². The van der Waals surface area contributed by atoms with Crippen LogP contribution in [0.15, 0.2) is 0 Å². The molecule has 0 spiro atoms. The van der Waals surface area contributed by atoms with Crippen LogP contribution in [0.2, 0.25) is 0 Å². The van der Waals surface area contributed by atoms with Gasteiger partial charge in [-0.15, -0.1) is 0 Å². The highest BCUT2D eigenvalue weighted by atomic mass is 16.5. The van der Waals surface area contributed by atoms with Gasteiger partial charge in [-0.1, -0.05) is 45.4 Å². The van der Waals surface area contributed by atoms with Crippen LogP contribution in [-0.4, -0.2) is 25.2 Å². The highest BCUT2D eigenvalue weighted by molar-refractivity contribution is 5.72. The molecule has 4 heteroatoms. The monoisotopic (exact) mass is 314 g/mol. The Morgan fingerprint density at radius 1 is 0.773 bits per heavy atom. The first-order chi connectivity index (χ1) is 10.7. The number of rotatable bonds is 14. The Kier molecular flexibility index (Phi) is 14.1. The standard InChI is InChI=1S/C18H34O4/c1-4-7-8-9-10-11-13-16(18(20)22-6-3)14-12-15-17(19)21-5-2/h16H,4-15H2,1-3H3. The molecule has 0 N–H and O–H groups in total. The van der Waals surface area contributed by atoms with Gasteiger partial charge in [0.2, 0.25) is 0 Å². The molecule has 0 saturated heterocycles. The Bertz CT molecular complexity index is 289. The molecule has 0 rings (SSSR count). The molecule has 1 atom stereocenters. The Hall–Kier alpha value is -1.06. The minimum Gasteiger partial charge on any atom is -0.466 e. The molecule has 4 nitrogen and oxygen atoms in total. The first-order valence-electron chi connectivity index (χ1n) is 8.97. The Morgan fingerprint density at radius 2 is 1.36 bits per heavy atom. The Balaban J connectivity index is 3.99. The molecule has 1 unspecified atom stereocenters. The quantitative estimate of drug-likeness (QED) is 0.346. The molecule has 0 aliphatic heterocycles. The van der Waals surface area contributed by atoms with Crippen molar-refractivity contribution in [2.75, 3.05) is 13.2 Å². The largest absolute Gasteiger partial charge is 0.466 e. The van der Waals surface area contributed by atoms with Gasteiger partial charge >= 0.3 is 11.9 Å². The van der Waals surface area contributed by atoms with Gasteiger partial charge in [0, 0.05) is 6.42 Å². The van der Waals surface area contributed by atoms with E-state index in [-0.39, 0.29) is 17.9 Å². The summed E-state index contributed by atoms with van der Waals surface area (Å²) in [5.74, 6) is -0.356. The maximum absolute atomic E-state index is 12.0. The zero-order valence-corrected chi connectivity index (χ0v) is 14.7. The van der Waals surface area contributed by atoms with E-state index >= 15 is 0 Å². The molecule has 130 valence electrons. The predicted molar refractivity (Wildman–Crippen MR) is 88.6 cm³/mol. The van der Waals surface area contributed by atoms with Crippen LogP contribution >= 0.6 is 0 Å². The Morgan fingerprint density at radius 3 is 2.00 bits per heavy atom. The lowest BCUT2D eigenvalue weighted by molar-refractivity contribution is -0.149. The number of carbonyl (C=O) groups is 2. The second-order valence-corrected chi connectivity index (χ2v) is 5.70. The SMILES string of the molecule is CCCCCCCCC(CCCC(=O)OCC)C(=O)OCC. The Labute approximate surface area is 135 Å². The molecular formula is C18H34O4. The van der Waals surface area contributed by atoms with Gasteiger partial charge < -0.3 is 9.47 Å². The summed E-state index contributed by atoms with van der Waals surface area (Å²) in [7, 11) is 0. The summed E-state index contributed by atoms with van der Waals surface area (Å²) in [5.41, 5.74) is 0. The van der Waals surface area contributed by atoms with Gasteiger partial charge in [-0.05, 0) is 33.1 Å². The second-order valence-electron chi connectivity index (χ2n) is 5.70. The maximum Gasteiger partial charge on any atom is 0.308 e. The summed E-state index contributed by atoms with van der Waals surface area (Å²) >= 11 is 0. The maximum atomic E-state index is 12.0. The van der Waals surface area contributed by atoms with Gasteiger partial charge in [0.15, 0.2) is 0 Å². The minimum atomic E-state index is -0.176. The summed E-state index contributed by atoms with van der Waals surface area (Å²) in [5, 5.41) is 0. The number of hydrogen-bond donors (Lipinski definition) is 0. The molecule has 0 aromatic heterocycles. The van der Waals surface area contributed by atoms with E-state index in [4.69, 9.17) is 9.47 Å². The fourth-order valence-electron chi connectivity index (χ4n) is 2.54. The fourth-order valence-corrected chi connectivity index (χ4v) is 2.54. The smallest absolute Gasteiger partial charge is 0.308 e. The number of ether oxygens (including phenoxy) is 2. The summed E-state index contributed by atoms with van der Waals surface area (Å²) in [4.78, 5) is 23.3. The molecule has 0 aromatic carbocycles. The molecule has 0 saturated carbocycles. The molecule has 0 bridgehead atoms. The van der Waals surface area contributed by atoms with Gasteiger partial charge in [-0.2, -0.15) is 0 Å². The topological polar surface area (TPSA) is 52.6 Å². The zero-order chi connectivity index (χ0) is 16.6. The van der Waals surface area contributed by atoms with Crippen molar-refractivity contribution in [2.45, 2.75) is 85.0 Å². The highest BCUT2D eigenvalue weighted by Gasteiger charge is 2.19. The predicted octanol–water partition coefficient (Wildman–Crippen LogP) is 4.65. The van der Waals surface area contributed by atoms with Crippen LogP contribution < -0.4 is 0 Å². The first kappa shape index (κ1) is 20.9. The van der Waals surface area contributed by atoms with Crippen LogP contribution in [0, 0.1) is 5.92 Å². The zero-order valence-electron chi connectivity index (χ0n) is 14.7. The van der Waals surface area contributed by atoms with Crippen molar-refractivity contribution in [3.63, 3.8) is 0 Å². The van der Waals surface area contributed by atoms with E-state index in [2.05, 4.69) is 6.92 Å². The molecule has 0 heterocycles. The van der Waals surface area contributed by atoms with Gasteiger partial charge in [-0.25, -0.2) is 0 Å². The van der Waals surface area contributed by atoms with Crippen LogP contribution in [-0.2, 0) is 19.1 Å². The van der Waals surface area contributed by atoms with Crippen molar-refractivity contribution in [3.05, 3.63) is 0 Å². The van der Waals surface area contributed by atoms with Crippen LogP contribution in [0.1, 0.15) is 85.0 Å².